The number of unbranched alkanes of at least 4 members (excludes halogenated alkanes) is 14. The Kier molecular flexibility index (Phi) is 24.9. The van der Waals surface area contributed by atoms with Crippen molar-refractivity contribution in [3.05, 3.63) is 6.92 Å². The predicted molar refractivity (Wildman–Crippen MR) is 132 cm³/mol. The van der Waals surface area contributed by atoms with Gasteiger partial charge < -0.3 is 15.2 Å². The fourth-order valence-corrected chi connectivity index (χ4v) is 4.06. The second kappa shape index (κ2) is 25.5. The molecule has 0 aromatic carbocycles. The average molecular weight is 442 g/mol. The highest BCUT2D eigenvalue weighted by Crippen LogP contribution is 2.18. The van der Waals surface area contributed by atoms with Gasteiger partial charge in [-0.3, -0.25) is 4.79 Å². The van der Waals surface area contributed by atoms with Crippen molar-refractivity contribution in [2.45, 2.75) is 141 Å². The Balaban J connectivity index is 3.94. The number of nitrogens with two attached hydrogens (primary N) is 1. The van der Waals surface area contributed by atoms with E-state index in [1.807, 2.05) is 0 Å². The Morgan fingerprint density at radius 1 is 0.774 bits per heavy atom. The molecule has 0 saturated carbocycles. The lowest BCUT2D eigenvalue weighted by Gasteiger charge is -2.18. The van der Waals surface area contributed by atoms with Gasteiger partial charge in [-0.15, -0.1) is 0 Å². The van der Waals surface area contributed by atoms with Gasteiger partial charge in [-0.1, -0.05) is 64.7 Å². The quantitative estimate of drug-likeness (QED) is 0.102. The molecule has 0 aliphatic rings. The molecular formula is C27H55NO3+2. The minimum atomic E-state index is 0.0179. The predicted octanol–water partition coefficient (Wildman–Crippen LogP) is 6.11. The van der Waals surface area contributed by atoms with E-state index in [-0.39, 0.29) is 18.7 Å². The number of ether oxygens (including phenoxy) is 1. The molecule has 0 bridgehead atoms. The molecular weight excluding hydrogens is 386 g/mol. The molecule has 0 heterocycles. The van der Waals surface area contributed by atoms with Crippen LogP contribution in [-0.4, -0.2) is 36.9 Å². The maximum absolute atomic E-state index is 12.4. The number of aliphatic hydroxyl groups excluding tert-OH is 1. The van der Waals surface area contributed by atoms with Crippen molar-refractivity contribution in [1.29, 1.82) is 0 Å². The van der Waals surface area contributed by atoms with Crippen LogP contribution < -0.4 is 5.32 Å². The first-order valence-corrected chi connectivity index (χ1v) is 13.7. The Labute approximate surface area is 194 Å². The first kappa shape index (κ1) is 30.3. The molecule has 3 N–H and O–H groups in total. The van der Waals surface area contributed by atoms with E-state index in [4.69, 9.17) is 9.84 Å². The molecule has 4 heteroatoms. The summed E-state index contributed by atoms with van der Waals surface area (Å²) in [5, 5.41) is 10.9. The summed E-state index contributed by atoms with van der Waals surface area (Å²) < 4.78 is 5.90. The molecule has 0 saturated heterocycles. The molecule has 184 valence electrons. The van der Waals surface area contributed by atoms with Crippen molar-refractivity contribution >= 4 is 5.97 Å². The lowest BCUT2D eigenvalue weighted by molar-refractivity contribution is -0.656. The maximum atomic E-state index is 12.4. The molecule has 0 aliphatic carbocycles. The van der Waals surface area contributed by atoms with Crippen LogP contribution in [0.3, 0.4) is 0 Å². The highest BCUT2D eigenvalue weighted by Gasteiger charge is 2.14. The van der Waals surface area contributed by atoms with Crippen molar-refractivity contribution < 1.29 is 20.0 Å². The van der Waals surface area contributed by atoms with Crippen LogP contribution in [0.25, 0.3) is 0 Å². The van der Waals surface area contributed by atoms with Crippen LogP contribution in [0, 0.1) is 6.92 Å². The van der Waals surface area contributed by atoms with Gasteiger partial charge in [0.2, 0.25) is 0 Å². The van der Waals surface area contributed by atoms with E-state index in [0.717, 1.165) is 45.2 Å². The summed E-state index contributed by atoms with van der Waals surface area (Å²) in [6.07, 6.45) is 23.5. The zero-order valence-electron chi connectivity index (χ0n) is 20.9. The van der Waals surface area contributed by atoms with Crippen LogP contribution in [0.1, 0.15) is 135 Å². The van der Waals surface area contributed by atoms with Gasteiger partial charge in [0.25, 0.3) is 0 Å². The second-order valence-electron chi connectivity index (χ2n) is 9.19. The normalized spacial score (nSPS) is 12.2. The van der Waals surface area contributed by atoms with Gasteiger partial charge in [-0.2, -0.15) is 0 Å². The van der Waals surface area contributed by atoms with E-state index >= 15 is 0 Å². The highest BCUT2D eigenvalue weighted by molar-refractivity contribution is 5.69. The maximum Gasteiger partial charge on any atom is 0.306 e. The summed E-state index contributed by atoms with van der Waals surface area (Å²) in [4.78, 5) is 12.4. The summed E-state index contributed by atoms with van der Waals surface area (Å²) in [6.45, 7) is 8.33. The van der Waals surface area contributed by atoms with Crippen LogP contribution in [-0.2, 0) is 9.53 Å². The average Bonchev–Trinajstić information content (AvgIpc) is 2.77. The van der Waals surface area contributed by atoms with Crippen molar-refractivity contribution in [3.63, 3.8) is 0 Å². The molecule has 0 radical (unpaired) electrons. The van der Waals surface area contributed by atoms with Gasteiger partial charge in [0, 0.05) is 6.42 Å². The fraction of sp³-hybridized carbons (Fsp3) is 0.926. The third-order valence-electron chi connectivity index (χ3n) is 6.08. The molecule has 1 atom stereocenters. The van der Waals surface area contributed by atoms with Gasteiger partial charge in [-0.05, 0) is 57.8 Å². The first-order valence-electron chi connectivity index (χ1n) is 13.7. The third kappa shape index (κ3) is 23.7. The van der Waals surface area contributed by atoms with Gasteiger partial charge in [0.05, 0.1) is 33.0 Å². The number of quaternary nitrogens is 1. The minimum absolute atomic E-state index is 0.0179. The molecule has 0 fully saturated rings. The van der Waals surface area contributed by atoms with Crippen molar-refractivity contribution in [3.8, 4) is 0 Å². The Morgan fingerprint density at radius 3 is 1.94 bits per heavy atom. The van der Waals surface area contributed by atoms with Gasteiger partial charge in [-0.25, -0.2) is 0 Å². The van der Waals surface area contributed by atoms with Crippen molar-refractivity contribution in [1.82, 2.24) is 0 Å². The molecule has 31 heavy (non-hydrogen) atoms. The van der Waals surface area contributed by atoms with E-state index < -0.39 is 0 Å². The molecule has 0 aromatic rings. The fourth-order valence-electron chi connectivity index (χ4n) is 4.06. The number of esters is 1. The van der Waals surface area contributed by atoms with E-state index in [1.165, 1.54) is 89.9 Å². The second-order valence-corrected chi connectivity index (χ2v) is 9.19. The largest absolute Gasteiger partial charge is 0.462 e. The summed E-state index contributed by atoms with van der Waals surface area (Å²) in [5.74, 6) is 0.0179. The standard InChI is InChI=1S/C27H54NO3/c1-3-5-7-9-12-16-20-26(21-17-13-10-8-6-4-2)31-27(30)22-18-14-11-15-19-23-28-24-25-29/h26,28-29H,1,3-25H2,2H3/q+1/p+1. The molecule has 0 aromatic heterocycles. The summed E-state index contributed by atoms with van der Waals surface area (Å²) in [7, 11) is 0. The van der Waals surface area contributed by atoms with Gasteiger partial charge in [0.1, 0.15) is 6.10 Å². The Bertz CT molecular complexity index is 346. The van der Waals surface area contributed by atoms with Gasteiger partial charge in [0.15, 0.2) is 0 Å². The monoisotopic (exact) mass is 441 g/mol. The first-order chi connectivity index (χ1) is 15.2. The van der Waals surface area contributed by atoms with Crippen molar-refractivity contribution in [2.24, 2.45) is 0 Å². The number of rotatable bonds is 25. The van der Waals surface area contributed by atoms with Crippen LogP contribution >= 0.6 is 0 Å². The zero-order chi connectivity index (χ0) is 22.8. The van der Waals surface area contributed by atoms with Crippen LogP contribution in [0.15, 0.2) is 0 Å². The lowest BCUT2D eigenvalue weighted by atomic mass is 10.0. The number of carbonyl (C=O) groups excluding carboxylic acids is 1. The van der Waals surface area contributed by atoms with Crippen LogP contribution in [0.5, 0.6) is 0 Å². The SMILES string of the molecule is [CH2+]CCCCCCCC(CCCCCCCC)OC(=O)CCCCCCC[NH2+]CCO. The van der Waals surface area contributed by atoms with Gasteiger partial charge >= 0.3 is 5.97 Å². The van der Waals surface area contributed by atoms with E-state index in [2.05, 4.69) is 19.2 Å². The lowest BCUT2D eigenvalue weighted by Crippen LogP contribution is -2.85. The molecule has 0 rings (SSSR count). The minimum Gasteiger partial charge on any atom is -0.462 e. The van der Waals surface area contributed by atoms with Crippen molar-refractivity contribution in [2.75, 3.05) is 19.7 Å². The van der Waals surface area contributed by atoms with E-state index in [0.29, 0.717) is 6.42 Å². The number of hydrogen-bond donors (Lipinski definition) is 2. The third-order valence-corrected chi connectivity index (χ3v) is 6.08. The number of carbonyl (C=O) groups is 1. The number of aliphatic hydroxyl groups is 1. The molecule has 0 aliphatic heterocycles. The van der Waals surface area contributed by atoms with Crippen LogP contribution in [0.2, 0.25) is 0 Å². The summed E-state index contributed by atoms with van der Waals surface area (Å²) >= 11 is 0. The van der Waals surface area contributed by atoms with E-state index in [9.17, 15) is 4.79 Å². The molecule has 0 amide bonds. The Morgan fingerprint density at radius 2 is 1.32 bits per heavy atom. The molecule has 4 nitrogen and oxygen atoms in total. The van der Waals surface area contributed by atoms with E-state index in [1.54, 1.807) is 0 Å². The summed E-state index contributed by atoms with van der Waals surface area (Å²) in [5.41, 5.74) is 0. The summed E-state index contributed by atoms with van der Waals surface area (Å²) in [6, 6.07) is 0. The highest BCUT2D eigenvalue weighted by atomic mass is 16.5. The zero-order valence-corrected chi connectivity index (χ0v) is 20.9. The van der Waals surface area contributed by atoms with Crippen LogP contribution in [0.4, 0.5) is 0 Å². The topological polar surface area (TPSA) is 63.1 Å². The smallest absolute Gasteiger partial charge is 0.306 e. The number of hydrogen-bond acceptors (Lipinski definition) is 3. The molecule has 1 unspecified atom stereocenters. The Hall–Kier alpha value is -0.740. The molecule has 0 spiro atoms.